The maximum Gasteiger partial charge on any atom is 0.0590 e. The van der Waals surface area contributed by atoms with E-state index in [0.29, 0.717) is 0 Å². The molecule has 1 unspecified atom stereocenters. The van der Waals surface area contributed by atoms with Crippen molar-refractivity contribution in [3.8, 4) is 0 Å². The third-order valence-electron chi connectivity index (χ3n) is 3.74. The number of hydrazine groups is 1. The van der Waals surface area contributed by atoms with Crippen LogP contribution in [0.1, 0.15) is 55.0 Å². The first-order valence-corrected chi connectivity index (χ1v) is 7.67. The van der Waals surface area contributed by atoms with Crippen molar-refractivity contribution in [1.82, 2.24) is 5.43 Å². The third kappa shape index (κ3) is 3.22. The molecule has 0 aromatic carbocycles. The van der Waals surface area contributed by atoms with E-state index < -0.39 is 0 Å². The zero-order valence-corrected chi connectivity index (χ0v) is 11.9. The molecule has 0 saturated heterocycles. The van der Waals surface area contributed by atoms with Crippen molar-refractivity contribution in [2.45, 2.75) is 51.5 Å². The Kier molecular flexibility index (Phi) is 4.86. The molecule has 1 heterocycles. The molecular formula is C13H21ClN2S. The lowest BCUT2D eigenvalue weighted by Crippen LogP contribution is -2.29. The Morgan fingerprint density at radius 3 is 2.71 bits per heavy atom. The fourth-order valence-electron chi connectivity index (χ4n) is 2.69. The second kappa shape index (κ2) is 6.19. The van der Waals surface area contributed by atoms with Crippen LogP contribution in [0.4, 0.5) is 0 Å². The fourth-order valence-corrected chi connectivity index (χ4v) is 4.09. The molecule has 1 atom stereocenters. The number of aryl methyl sites for hydroxylation is 1. The first kappa shape index (κ1) is 13.3. The second-order valence-electron chi connectivity index (χ2n) is 5.06. The van der Waals surface area contributed by atoms with Gasteiger partial charge in [0.15, 0.2) is 0 Å². The average Bonchev–Trinajstić information content (AvgIpc) is 2.69. The summed E-state index contributed by atoms with van der Waals surface area (Å²) < 4.78 is 0. The zero-order valence-electron chi connectivity index (χ0n) is 10.3. The SMILES string of the molecule is Cc1csc(C(CC2CCCCC2)NN)c1Cl. The van der Waals surface area contributed by atoms with Gasteiger partial charge in [0, 0.05) is 4.88 Å². The van der Waals surface area contributed by atoms with E-state index in [0.717, 1.165) is 22.9 Å². The van der Waals surface area contributed by atoms with Crippen LogP contribution in [0.25, 0.3) is 0 Å². The summed E-state index contributed by atoms with van der Waals surface area (Å²) in [6, 6.07) is 0.226. The molecule has 2 nitrogen and oxygen atoms in total. The minimum Gasteiger partial charge on any atom is -0.271 e. The van der Waals surface area contributed by atoms with Crippen LogP contribution in [0.2, 0.25) is 5.02 Å². The summed E-state index contributed by atoms with van der Waals surface area (Å²) in [7, 11) is 0. The Hall–Kier alpha value is -0.0900. The van der Waals surface area contributed by atoms with Crippen molar-refractivity contribution in [3.63, 3.8) is 0 Å². The van der Waals surface area contributed by atoms with Gasteiger partial charge < -0.3 is 0 Å². The molecule has 0 spiro atoms. The molecule has 1 fully saturated rings. The summed E-state index contributed by atoms with van der Waals surface area (Å²) in [4.78, 5) is 1.21. The van der Waals surface area contributed by atoms with Gasteiger partial charge in [0.25, 0.3) is 0 Å². The maximum absolute atomic E-state index is 6.31. The smallest absolute Gasteiger partial charge is 0.0590 e. The van der Waals surface area contributed by atoms with E-state index in [4.69, 9.17) is 17.4 Å². The molecule has 1 aliphatic carbocycles. The van der Waals surface area contributed by atoms with Crippen LogP contribution in [-0.2, 0) is 0 Å². The highest BCUT2D eigenvalue weighted by molar-refractivity contribution is 7.10. The van der Waals surface area contributed by atoms with Gasteiger partial charge in [-0.1, -0.05) is 43.7 Å². The molecule has 2 rings (SSSR count). The van der Waals surface area contributed by atoms with Gasteiger partial charge in [0.1, 0.15) is 0 Å². The maximum atomic E-state index is 6.31. The molecule has 96 valence electrons. The molecule has 0 radical (unpaired) electrons. The lowest BCUT2D eigenvalue weighted by atomic mass is 9.84. The highest BCUT2D eigenvalue weighted by Gasteiger charge is 2.22. The van der Waals surface area contributed by atoms with Crippen LogP contribution in [0.5, 0.6) is 0 Å². The highest BCUT2D eigenvalue weighted by atomic mass is 35.5. The first-order chi connectivity index (χ1) is 8.22. The number of nitrogens with one attached hydrogen (secondary N) is 1. The van der Waals surface area contributed by atoms with E-state index in [9.17, 15) is 0 Å². The van der Waals surface area contributed by atoms with E-state index in [1.54, 1.807) is 11.3 Å². The Labute approximate surface area is 113 Å². The van der Waals surface area contributed by atoms with Crippen LogP contribution in [0.15, 0.2) is 5.38 Å². The first-order valence-electron chi connectivity index (χ1n) is 6.42. The minimum atomic E-state index is 0.226. The predicted octanol–water partition coefficient (Wildman–Crippen LogP) is 4.18. The van der Waals surface area contributed by atoms with Crippen molar-refractivity contribution >= 4 is 22.9 Å². The molecule has 1 saturated carbocycles. The fraction of sp³-hybridized carbons (Fsp3) is 0.692. The van der Waals surface area contributed by atoms with Gasteiger partial charge in [-0.2, -0.15) is 0 Å². The Bertz CT molecular complexity index is 358. The molecule has 0 bridgehead atoms. The standard InChI is InChI=1S/C13H21ClN2S/c1-9-8-17-13(12(9)14)11(16-15)7-10-5-3-2-4-6-10/h8,10-11,16H,2-7,15H2,1H3. The molecule has 1 aromatic rings. The lowest BCUT2D eigenvalue weighted by Gasteiger charge is -2.25. The van der Waals surface area contributed by atoms with Gasteiger partial charge in [0.2, 0.25) is 0 Å². The summed E-state index contributed by atoms with van der Waals surface area (Å²) >= 11 is 8.04. The van der Waals surface area contributed by atoms with Crippen molar-refractivity contribution in [3.05, 3.63) is 20.8 Å². The Morgan fingerprint density at radius 1 is 1.47 bits per heavy atom. The third-order valence-corrected chi connectivity index (χ3v) is 5.56. The number of hydrogen-bond donors (Lipinski definition) is 2. The lowest BCUT2D eigenvalue weighted by molar-refractivity contribution is 0.302. The minimum absolute atomic E-state index is 0.226. The van der Waals surface area contributed by atoms with E-state index in [1.165, 1.54) is 37.0 Å². The number of rotatable bonds is 4. The summed E-state index contributed by atoms with van der Waals surface area (Å²) in [5.74, 6) is 6.51. The number of nitrogens with two attached hydrogens (primary N) is 1. The van der Waals surface area contributed by atoms with Crippen LogP contribution in [0.3, 0.4) is 0 Å². The molecule has 0 aliphatic heterocycles. The molecule has 3 N–H and O–H groups in total. The second-order valence-corrected chi connectivity index (χ2v) is 6.35. The van der Waals surface area contributed by atoms with E-state index in [1.807, 2.05) is 0 Å². The van der Waals surface area contributed by atoms with Gasteiger partial charge in [-0.05, 0) is 30.2 Å². The highest BCUT2D eigenvalue weighted by Crippen LogP contribution is 2.37. The number of hydrogen-bond acceptors (Lipinski definition) is 3. The quantitative estimate of drug-likeness (QED) is 0.637. The number of halogens is 1. The summed E-state index contributed by atoms with van der Waals surface area (Å²) in [5.41, 5.74) is 4.11. The van der Waals surface area contributed by atoms with Gasteiger partial charge in [-0.25, -0.2) is 0 Å². The van der Waals surface area contributed by atoms with E-state index in [-0.39, 0.29) is 6.04 Å². The molecule has 1 aliphatic rings. The van der Waals surface area contributed by atoms with Crippen molar-refractivity contribution in [1.29, 1.82) is 0 Å². The normalized spacial score (nSPS) is 19.5. The van der Waals surface area contributed by atoms with Crippen molar-refractivity contribution in [2.24, 2.45) is 11.8 Å². The van der Waals surface area contributed by atoms with Crippen LogP contribution >= 0.6 is 22.9 Å². The summed E-state index contributed by atoms with van der Waals surface area (Å²) in [5, 5.41) is 3.01. The van der Waals surface area contributed by atoms with Crippen LogP contribution < -0.4 is 11.3 Å². The van der Waals surface area contributed by atoms with Gasteiger partial charge >= 0.3 is 0 Å². The summed E-state index contributed by atoms with van der Waals surface area (Å²) in [6.45, 7) is 2.05. The molecule has 0 amide bonds. The topological polar surface area (TPSA) is 38.0 Å². The molecule has 1 aromatic heterocycles. The zero-order chi connectivity index (χ0) is 12.3. The van der Waals surface area contributed by atoms with Gasteiger partial charge in [-0.15, -0.1) is 11.3 Å². The largest absolute Gasteiger partial charge is 0.271 e. The predicted molar refractivity (Wildman–Crippen MR) is 75.3 cm³/mol. The number of thiophene rings is 1. The van der Waals surface area contributed by atoms with E-state index in [2.05, 4.69) is 17.7 Å². The van der Waals surface area contributed by atoms with Gasteiger partial charge in [-0.3, -0.25) is 11.3 Å². The van der Waals surface area contributed by atoms with E-state index >= 15 is 0 Å². The summed E-state index contributed by atoms with van der Waals surface area (Å²) in [6.07, 6.45) is 7.96. The molecule has 4 heteroatoms. The Balaban J connectivity index is 2.03. The monoisotopic (exact) mass is 272 g/mol. The van der Waals surface area contributed by atoms with Crippen LogP contribution in [0, 0.1) is 12.8 Å². The molecule has 17 heavy (non-hydrogen) atoms. The molecular weight excluding hydrogens is 252 g/mol. The van der Waals surface area contributed by atoms with Crippen molar-refractivity contribution in [2.75, 3.05) is 0 Å². The Morgan fingerprint density at radius 2 is 2.18 bits per heavy atom. The average molecular weight is 273 g/mol. The van der Waals surface area contributed by atoms with Crippen molar-refractivity contribution < 1.29 is 0 Å². The van der Waals surface area contributed by atoms with Crippen LogP contribution in [-0.4, -0.2) is 0 Å². The van der Waals surface area contributed by atoms with Gasteiger partial charge in [0.05, 0.1) is 11.1 Å².